The van der Waals surface area contributed by atoms with Crippen LogP contribution in [0.15, 0.2) is 59.5 Å². The minimum atomic E-state index is -0.158. The molecule has 138 valence electrons. The number of rotatable bonds is 3. The van der Waals surface area contributed by atoms with Gasteiger partial charge in [-0.25, -0.2) is 0 Å². The Kier molecular flexibility index (Phi) is 4.54. The van der Waals surface area contributed by atoms with Gasteiger partial charge in [-0.1, -0.05) is 30.3 Å². The molecule has 1 aromatic heterocycles. The number of carbonyl (C=O) groups is 1. The molecule has 4 rings (SSSR count). The fraction of sp³-hybridized carbons (Fsp3) is 0.238. The molecule has 0 atom stereocenters. The van der Waals surface area contributed by atoms with Gasteiger partial charge in [-0.3, -0.25) is 9.59 Å². The zero-order valence-corrected chi connectivity index (χ0v) is 15.1. The van der Waals surface area contributed by atoms with Gasteiger partial charge in [0.05, 0.1) is 13.7 Å². The third-order valence-electron chi connectivity index (χ3n) is 4.79. The highest BCUT2D eigenvalue weighted by Gasteiger charge is 2.22. The summed E-state index contributed by atoms with van der Waals surface area (Å²) in [6.45, 7) is 1.27. The van der Waals surface area contributed by atoms with Crippen molar-refractivity contribution in [2.45, 2.75) is 13.1 Å². The molecule has 2 heterocycles. The van der Waals surface area contributed by atoms with E-state index in [1.54, 1.807) is 24.3 Å². The second-order valence-corrected chi connectivity index (χ2v) is 6.45. The van der Waals surface area contributed by atoms with Crippen LogP contribution in [0.5, 0.6) is 11.5 Å². The fourth-order valence-electron chi connectivity index (χ4n) is 3.37. The zero-order chi connectivity index (χ0) is 18.8. The quantitative estimate of drug-likeness (QED) is 0.716. The molecular formula is C21H20N2O4. The molecule has 1 amide bonds. The number of hydrogen-bond acceptors (Lipinski definition) is 4. The van der Waals surface area contributed by atoms with E-state index in [0.717, 1.165) is 10.9 Å². The third kappa shape index (κ3) is 3.26. The maximum absolute atomic E-state index is 12.9. The Labute approximate surface area is 156 Å². The van der Waals surface area contributed by atoms with Gasteiger partial charge >= 0.3 is 0 Å². The van der Waals surface area contributed by atoms with Gasteiger partial charge in [0, 0.05) is 23.7 Å². The van der Waals surface area contributed by atoms with Crippen molar-refractivity contribution in [2.24, 2.45) is 0 Å². The van der Waals surface area contributed by atoms with Crippen LogP contribution in [-0.2, 0) is 17.9 Å². The van der Waals surface area contributed by atoms with Crippen molar-refractivity contribution >= 4 is 16.7 Å². The lowest BCUT2D eigenvalue weighted by atomic mass is 10.1. The maximum Gasteiger partial charge on any atom is 0.258 e. The summed E-state index contributed by atoms with van der Waals surface area (Å²) in [5.74, 6) is 1.22. The van der Waals surface area contributed by atoms with Crippen molar-refractivity contribution in [3.05, 3.63) is 70.6 Å². The van der Waals surface area contributed by atoms with Crippen LogP contribution in [0, 0.1) is 0 Å². The summed E-state index contributed by atoms with van der Waals surface area (Å²) >= 11 is 0. The summed E-state index contributed by atoms with van der Waals surface area (Å²) in [4.78, 5) is 27.2. The lowest BCUT2D eigenvalue weighted by molar-refractivity contribution is -0.132. The summed E-state index contributed by atoms with van der Waals surface area (Å²) in [6.07, 6.45) is 1.67. The molecule has 3 aromatic rings. The van der Waals surface area contributed by atoms with Crippen LogP contribution in [0.1, 0.15) is 5.56 Å². The molecule has 0 saturated carbocycles. The molecule has 0 saturated heterocycles. The number of fused-ring (bicyclic) bond motifs is 2. The van der Waals surface area contributed by atoms with Gasteiger partial charge in [-0.2, -0.15) is 0 Å². The van der Waals surface area contributed by atoms with Crippen molar-refractivity contribution in [2.75, 3.05) is 20.3 Å². The van der Waals surface area contributed by atoms with Crippen molar-refractivity contribution in [1.29, 1.82) is 0 Å². The van der Waals surface area contributed by atoms with Crippen molar-refractivity contribution in [3.63, 3.8) is 0 Å². The highest BCUT2D eigenvalue weighted by molar-refractivity contribution is 5.82. The minimum Gasteiger partial charge on any atom is -0.493 e. The predicted octanol–water partition coefficient (Wildman–Crippen LogP) is 2.43. The number of hydrogen-bond donors (Lipinski definition) is 0. The van der Waals surface area contributed by atoms with Gasteiger partial charge < -0.3 is 18.9 Å². The fourth-order valence-corrected chi connectivity index (χ4v) is 3.37. The molecule has 6 heteroatoms. The standard InChI is InChI=1S/C21H20N2O4/c1-26-18-8-4-6-16-13-22(11-12-27-20(16)18)19(24)14-23-10-9-15-5-2-3-7-17(15)21(23)25/h2-10H,11-14H2,1H3. The molecule has 0 N–H and O–H groups in total. The van der Waals surface area contributed by atoms with E-state index < -0.39 is 0 Å². The number of aromatic nitrogens is 1. The lowest BCUT2D eigenvalue weighted by Gasteiger charge is -2.20. The van der Waals surface area contributed by atoms with Gasteiger partial charge in [-0.05, 0) is 23.6 Å². The highest BCUT2D eigenvalue weighted by Crippen LogP contribution is 2.33. The Hall–Kier alpha value is -3.28. The van der Waals surface area contributed by atoms with E-state index in [1.807, 2.05) is 42.5 Å². The SMILES string of the molecule is COc1cccc2c1OCCN(C(=O)Cn1ccc3ccccc3c1=O)C2. The molecule has 2 aromatic carbocycles. The van der Waals surface area contributed by atoms with E-state index in [-0.39, 0.29) is 18.0 Å². The van der Waals surface area contributed by atoms with Crippen LogP contribution < -0.4 is 15.0 Å². The Balaban J connectivity index is 1.58. The molecule has 0 spiro atoms. The molecule has 0 fully saturated rings. The number of benzene rings is 2. The maximum atomic E-state index is 12.9. The number of pyridine rings is 1. The van der Waals surface area contributed by atoms with Gasteiger partial charge in [0.1, 0.15) is 13.2 Å². The van der Waals surface area contributed by atoms with Crippen LogP contribution in [0.4, 0.5) is 0 Å². The monoisotopic (exact) mass is 364 g/mol. The summed E-state index contributed by atoms with van der Waals surface area (Å²) in [6, 6.07) is 14.9. The van der Waals surface area contributed by atoms with Gasteiger partial charge in [0.25, 0.3) is 5.56 Å². The number of nitrogens with zero attached hydrogens (tertiary/aromatic N) is 2. The molecule has 0 radical (unpaired) electrons. The van der Waals surface area contributed by atoms with Crippen molar-refractivity contribution < 1.29 is 14.3 Å². The lowest BCUT2D eigenvalue weighted by Crippen LogP contribution is -2.37. The molecule has 1 aliphatic heterocycles. The van der Waals surface area contributed by atoms with Crippen LogP contribution in [0.3, 0.4) is 0 Å². The number of amides is 1. The smallest absolute Gasteiger partial charge is 0.258 e. The summed E-state index contributed by atoms with van der Waals surface area (Å²) < 4.78 is 12.6. The molecule has 6 nitrogen and oxygen atoms in total. The Morgan fingerprint density at radius 2 is 2.00 bits per heavy atom. The van der Waals surface area contributed by atoms with E-state index in [0.29, 0.717) is 36.6 Å². The normalized spacial score (nSPS) is 13.6. The zero-order valence-electron chi connectivity index (χ0n) is 15.1. The average molecular weight is 364 g/mol. The van der Waals surface area contributed by atoms with Crippen LogP contribution in [0.25, 0.3) is 10.8 Å². The van der Waals surface area contributed by atoms with E-state index >= 15 is 0 Å². The molecular weight excluding hydrogens is 344 g/mol. The predicted molar refractivity (Wildman–Crippen MR) is 102 cm³/mol. The first-order valence-electron chi connectivity index (χ1n) is 8.82. The molecule has 1 aliphatic rings. The Morgan fingerprint density at radius 3 is 2.85 bits per heavy atom. The number of para-hydroxylation sites is 1. The number of carbonyl (C=O) groups excluding carboxylic acids is 1. The molecule has 0 bridgehead atoms. The van der Waals surface area contributed by atoms with Gasteiger partial charge in [-0.15, -0.1) is 0 Å². The second kappa shape index (κ2) is 7.15. The summed E-state index contributed by atoms with van der Waals surface area (Å²) in [5, 5.41) is 1.48. The topological polar surface area (TPSA) is 60.8 Å². The van der Waals surface area contributed by atoms with E-state index in [9.17, 15) is 9.59 Å². The van der Waals surface area contributed by atoms with E-state index in [4.69, 9.17) is 9.47 Å². The first-order chi connectivity index (χ1) is 13.2. The molecule has 0 aliphatic carbocycles. The van der Waals surface area contributed by atoms with Crippen molar-refractivity contribution in [3.8, 4) is 11.5 Å². The first kappa shape index (κ1) is 17.1. The Bertz CT molecular complexity index is 1060. The van der Waals surface area contributed by atoms with E-state index in [1.165, 1.54) is 4.57 Å². The second-order valence-electron chi connectivity index (χ2n) is 6.45. The summed E-state index contributed by atoms with van der Waals surface area (Å²) in [7, 11) is 1.60. The van der Waals surface area contributed by atoms with Gasteiger partial charge in [0.2, 0.25) is 5.91 Å². The van der Waals surface area contributed by atoms with E-state index in [2.05, 4.69) is 0 Å². The highest BCUT2D eigenvalue weighted by atomic mass is 16.5. The number of ether oxygens (including phenoxy) is 2. The molecule has 27 heavy (non-hydrogen) atoms. The first-order valence-corrected chi connectivity index (χ1v) is 8.82. The van der Waals surface area contributed by atoms with Crippen LogP contribution >= 0.6 is 0 Å². The average Bonchev–Trinajstić information content (AvgIpc) is 2.92. The summed E-state index contributed by atoms with van der Waals surface area (Å²) in [5.41, 5.74) is 0.737. The van der Waals surface area contributed by atoms with Crippen LogP contribution in [0.2, 0.25) is 0 Å². The number of methoxy groups -OCH3 is 1. The largest absolute Gasteiger partial charge is 0.493 e. The van der Waals surface area contributed by atoms with Crippen LogP contribution in [-0.4, -0.2) is 35.6 Å². The van der Waals surface area contributed by atoms with Gasteiger partial charge in [0.15, 0.2) is 11.5 Å². The Morgan fingerprint density at radius 1 is 1.15 bits per heavy atom. The van der Waals surface area contributed by atoms with Crippen molar-refractivity contribution in [1.82, 2.24) is 9.47 Å². The molecule has 0 unspecified atom stereocenters. The third-order valence-corrected chi connectivity index (χ3v) is 4.79. The minimum absolute atomic E-state index is 0.00295.